The number of carbonyl (C=O) groups excluding carboxylic acids is 1. The van der Waals surface area contributed by atoms with E-state index in [2.05, 4.69) is 65.7 Å². The third-order valence-corrected chi connectivity index (χ3v) is 4.43. The Kier molecular flexibility index (Phi) is 11.2. The molecular weight excluding hydrogens is 338 g/mol. The van der Waals surface area contributed by atoms with E-state index in [-0.39, 0.29) is 12.5 Å². The first-order valence-corrected chi connectivity index (χ1v) is 9.95. The van der Waals surface area contributed by atoms with E-state index in [4.69, 9.17) is 0 Å². The highest BCUT2D eigenvalue weighted by molar-refractivity contribution is 5.86. The van der Waals surface area contributed by atoms with Gasteiger partial charge in [-0.3, -0.25) is 14.7 Å². The van der Waals surface area contributed by atoms with Crippen LogP contribution in [-0.2, 0) is 11.2 Å². The molecule has 3 N–H and O–H groups in total. The first kappa shape index (κ1) is 23.0. The summed E-state index contributed by atoms with van der Waals surface area (Å²) in [4.78, 5) is 18.6. The maximum Gasteiger partial charge on any atom is 0.239 e. The van der Waals surface area contributed by atoms with Gasteiger partial charge in [-0.25, -0.2) is 0 Å². The normalized spacial score (nSPS) is 11.9. The minimum absolute atomic E-state index is 0.0281. The monoisotopic (exact) mass is 375 g/mol. The van der Waals surface area contributed by atoms with Crippen molar-refractivity contribution in [1.82, 2.24) is 20.9 Å². The van der Waals surface area contributed by atoms with Crippen LogP contribution >= 0.6 is 0 Å². The predicted octanol–water partition coefficient (Wildman–Crippen LogP) is 2.02. The summed E-state index contributed by atoms with van der Waals surface area (Å²) < 4.78 is 0. The first-order valence-electron chi connectivity index (χ1n) is 9.95. The second kappa shape index (κ2) is 13.1. The number of guanidine groups is 1. The molecule has 27 heavy (non-hydrogen) atoms. The van der Waals surface area contributed by atoms with Crippen LogP contribution in [0.4, 0.5) is 0 Å². The number of hydrogen-bond donors (Lipinski definition) is 3. The lowest BCUT2D eigenvalue weighted by Crippen LogP contribution is -2.44. The summed E-state index contributed by atoms with van der Waals surface area (Å²) in [6.07, 6.45) is 1.86. The molecule has 0 fully saturated rings. The summed E-state index contributed by atoms with van der Waals surface area (Å²) in [5.41, 5.74) is 1.22. The topological polar surface area (TPSA) is 68.8 Å². The van der Waals surface area contributed by atoms with Gasteiger partial charge in [0.05, 0.1) is 6.54 Å². The van der Waals surface area contributed by atoms with Crippen molar-refractivity contribution in [3.8, 4) is 0 Å². The quantitative estimate of drug-likeness (QED) is 0.314. The van der Waals surface area contributed by atoms with Crippen LogP contribution in [0.2, 0.25) is 0 Å². The van der Waals surface area contributed by atoms with Crippen molar-refractivity contribution in [1.29, 1.82) is 0 Å². The molecular formula is C21H37N5O. The smallest absolute Gasteiger partial charge is 0.239 e. The van der Waals surface area contributed by atoms with E-state index in [1.807, 2.05) is 18.2 Å². The van der Waals surface area contributed by atoms with Crippen molar-refractivity contribution in [2.24, 2.45) is 4.99 Å². The number of benzene rings is 1. The van der Waals surface area contributed by atoms with Gasteiger partial charge in [-0.15, -0.1) is 0 Å². The molecule has 6 heteroatoms. The van der Waals surface area contributed by atoms with Gasteiger partial charge in [0.15, 0.2) is 5.96 Å². The second-order valence-corrected chi connectivity index (χ2v) is 7.22. The number of aliphatic imine (C=N–C) groups is 1. The summed E-state index contributed by atoms with van der Waals surface area (Å²) in [5.74, 6) is 0.633. The van der Waals surface area contributed by atoms with Gasteiger partial charge in [0.1, 0.15) is 0 Å². The molecule has 0 aliphatic heterocycles. The van der Waals surface area contributed by atoms with Crippen LogP contribution in [-0.4, -0.2) is 62.1 Å². The van der Waals surface area contributed by atoms with Crippen LogP contribution < -0.4 is 16.0 Å². The molecule has 0 spiro atoms. The Morgan fingerprint density at radius 2 is 1.67 bits per heavy atom. The zero-order valence-corrected chi connectivity index (χ0v) is 17.6. The molecule has 6 nitrogen and oxygen atoms in total. The van der Waals surface area contributed by atoms with Crippen LogP contribution in [0.3, 0.4) is 0 Å². The molecule has 0 bridgehead atoms. The highest BCUT2D eigenvalue weighted by Crippen LogP contribution is 2.05. The Morgan fingerprint density at radius 3 is 2.26 bits per heavy atom. The molecule has 0 heterocycles. The fourth-order valence-electron chi connectivity index (χ4n) is 3.02. The maximum absolute atomic E-state index is 12.0. The minimum Gasteiger partial charge on any atom is -0.356 e. The Bertz CT molecular complexity index is 549. The molecule has 1 rings (SSSR count). The van der Waals surface area contributed by atoms with E-state index < -0.39 is 0 Å². The van der Waals surface area contributed by atoms with Crippen molar-refractivity contribution in [3.63, 3.8) is 0 Å². The molecule has 0 saturated heterocycles. The predicted molar refractivity (Wildman–Crippen MR) is 114 cm³/mol. The highest BCUT2D eigenvalue weighted by Gasteiger charge is 2.12. The molecule has 0 unspecified atom stereocenters. The van der Waals surface area contributed by atoms with Crippen molar-refractivity contribution >= 4 is 11.9 Å². The average molecular weight is 376 g/mol. The lowest BCUT2D eigenvalue weighted by atomic mass is 10.1. The molecule has 0 radical (unpaired) electrons. The molecule has 0 aromatic heterocycles. The fraction of sp³-hybridized carbons (Fsp3) is 0.619. The van der Waals surface area contributed by atoms with Crippen molar-refractivity contribution in [2.45, 2.75) is 52.6 Å². The molecule has 0 aliphatic carbocycles. The SMILES string of the molecule is CN=C(NCCCN(C(C)C)C(C)C)NCC(=O)NCCc1ccccc1. The Labute approximate surface area is 164 Å². The average Bonchev–Trinajstić information content (AvgIpc) is 2.64. The van der Waals surface area contributed by atoms with E-state index in [1.54, 1.807) is 7.05 Å². The van der Waals surface area contributed by atoms with E-state index in [9.17, 15) is 4.79 Å². The van der Waals surface area contributed by atoms with Crippen LogP contribution in [0.1, 0.15) is 39.7 Å². The van der Waals surface area contributed by atoms with Crippen LogP contribution in [0.25, 0.3) is 0 Å². The van der Waals surface area contributed by atoms with E-state index in [1.165, 1.54) is 5.56 Å². The number of nitrogens with one attached hydrogen (secondary N) is 3. The summed E-state index contributed by atoms with van der Waals surface area (Å²) in [6.45, 7) is 11.6. The Balaban J connectivity index is 2.18. The number of amides is 1. The van der Waals surface area contributed by atoms with Crippen molar-refractivity contribution in [3.05, 3.63) is 35.9 Å². The minimum atomic E-state index is -0.0281. The third-order valence-electron chi connectivity index (χ3n) is 4.43. The number of hydrogen-bond acceptors (Lipinski definition) is 3. The van der Waals surface area contributed by atoms with Crippen molar-refractivity contribution in [2.75, 3.05) is 33.2 Å². The maximum atomic E-state index is 12.0. The zero-order chi connectivity index (χ0) is 20.1. The lowest BCUT2D eigenvalue weighted by Gasteiger charge is -2.30. The molecule has 0 aliphatic rings. The summed E-state index contributed by atoms with van der Waals surface area (Å²) in [7, 11) is 1.72. The van der Waals surface area contributed by atoms with Gasteiger partial charge in [-0.05, 0) is 46.1 Å². The van der Waals surface area contributed by atoms with E-state index in [0.717, 1.165) is 25.9 Å². The molecule has 0 saturated carbocycles. The number of carbonyl (C=O) groups is 1. The van der Waals surface area contributed by atoms with Crippen LogP contribution in [0, 0.1) is 0 Å². The zero-order valence-electron chi connectivity index (χ0n) is 17.6. The standard InChI is InChI=1S/C21H37N5O/c1-17(2)26(18(3)4)15-9-13-24-21(22-5)25-16-20(27)23-14-12-19-10-7-6-8-11-19/h6-8,10-11,17-18H,9,12-16H2,1-5H3,(H,23,27)(H2,22,24,25). The molecule has 1 aromatic rings. The third kappa shape index (κ3) is 9.99. The van der Waals surface area contributed by atoms with Crippen LogP contribution in [0.15, 0.2) is 35.3 Å². The van der Waals surface area contributed by atoms with Crippen molar-refractivity contribution < 1.29 is 4.79 Å². The van der Waals surface area contributed by atoms with Gasteiger partial charge < -0.3 is 16.0 Å². The summed E-state index contributed by atoms with van der Waals surface area (Å²) in [6, 6.07) is 11.2. The van der Waals surface area contributed by atoms with Gasteiger partial charge in [0.25, 0.3) is 0 Å². The summed E-state index contributed by atoms with van der Waals surface area (Å²) in [5, 5.41) is 9.26. The van der Waals surface area contributed by atoms with Gasteiger partial charge in [0.2, 0.25) is 5.91 Å². The van der Waals surface area contributed by atoms with Gasteiger partial charge >= 0.3 is 0 Å². The van der Waals surface area contributed by atoms with Gasteiger partial charge in [0, 0.05) is 38.8 Å². The van der Waals surface area contributed by atoms with Crippen LogP contribution in [0.5, 0.6) is 0 Å². The Hall–Kier alpha value is -2.08. The van der Waals surface area contributed by atoms with E-state index >= 15 is 0 Å². The van der Waals surface area contributed by atoms with Gasteiger partial charge in [-0.1, -0.05) is 30.3 Å². The molecule has 1 aromatic carbocycles. The Morgan fingerprint density at radius 1 is 1.00 bits per heavy atom. The first-order chi connectivity index (χ1) is 12.9. The number of rotatable bonds is 11. The largest absolute Gasteiger partial charge is 0.356 e. The molecule has 0 atom stereocenters. The molecule has 152 valence electrons. The number of nitrogens with zero attached hydrogens (tertiary/aromatic N) is 2. The molecule has 1 amide bonds. The highest BCUT2D eigenvalue weighted by atomic mass is 16.1. The van der Waals surface area contributed by atoms with E-state index in [0.29, 0.717) is 24.6 Å². The summed E-state index contributed by atoms with van der Waals surface area (Å²) >= 11 is 0. The fourth-order valence-corrected chi connectivity index (χ4v) is 3.02. The lowest BCUT2D eigenvalue weighted by molar-refractivity contribution is -0.119. The van der Waals surface area contributed by atoms with Gasteiger partial charge in [-0.2, -0.15) is 0 Å². The second-order valence-electron chi connectivity index (χ2n) is 7.22.